The summed E-state index contributed by atoms with van der Waals surface area (Å²) in [6.45, 7) is 2.13. The monoisotopic (exact) mass is 316 g/mol. The molecule has 0 saturated carbocycles. The van der Waals surface area contributed by atoms with Crippen molar-refractivity contribution in [3.8, 4) is 0 Å². The number of hydrogen-bond donors (Lipinski definition) is 1. The van der Waals surface area contributed by atoms with Crippen LogP contribution in [-0.4, -0.2) is 47.4 Å². The molecule has 1 fully saturated rings. The molecule has 0 atom stereocenters. The number of carbonyl (C=O) groups is 1. The summed E-state index contributed by atoms with van der Waals surface area (Å²) in [6.07, 6.45) is 3.05. The Morgan fingerprint density at radius 2 is 1.94 bits per heavy atom. The molecule has 18 heavy (non-hydrogen) atoms. The van der Waals surface area contributed by atoms with Gasteiger partial charge in [-0.25, -0.2) is 0 Å². The number of halogens is 3. The van der Waals surface area contributed by atoms with Gasteiger partial charge in [0.05, 0.1) is 6.61 Å². The van der Waals surface area contributed by atoms with Crippen LogP contribution >= 0.6 is 34.8 Å². The van der Waals surface area contributed by atoms with E-state index in [4.69, 9.17) is 45.3 Å². The highest BCUT2D eigenvalue weighted by Gasteiger charge is 2.24. The zero-order chi connectivity index (χ0) is 13.6. The Balaban J connectivity index is 2.20. The van der Waals surface area contributed by atoms with Crippen LogP contribution in [-0.2, 0) is 9.53 Å². The van der Waals surface area contributed by atoms with E-state index in [0.717, 1.165) is 32.4 Å². The Morgan fingerprint density at radius 3 is 2.44 bits per heavy atom. The van der Waals surface area contributed by atoms with E-state index >= 15 is 0 Å². The molecular formula is C11H19Cl3N2O2. The predicted molar refractivity (Wildman–Crippen MR) is 74.1 cm³/mol. The van der Waals surface area contributed by atoms with Crippen LogP contribution in [0.1, 0.15) is 19.3 Å². The van der Waals surface area contributed by atoms with Gasteiger partial charge in [0.2, 0.25) is 9.70 Å². The standard InChI is InChI=1S/C11H19Cl3N2O2/c12-11(13,14)8-18-7-10(17)16-5-2-9(1-4-15)3-6-16/h9H,1-8,15H2. The van der Waals surface area contributed by atoms with Crippen LogP contribution in [0.4, 0.5) is 0 Å². The van der Waals surface area contributed by atoms with Crippen molar-refractivity contribution in [2.45, 2.75) is 23.1 Å². The number of amides is 1. The van der Waals surface area contributed by atoms with Gasteiger partial charge in [-0.15, -0.1) is 0 Å². The predicted octanol–water partition coefficient (Wildman–Crippen LogP) is 1.96. The lowest BCUT2D eigenvalue weighted by molar-refractivity contribution is -0.137. The number of likely N-dealkylation sites (tertiary alicyclic amines) is 1. The molecule has 0 unspecified atom stereocenters. The Morgan fingerprint density at radius 1 is 1.33 bits per heavy atom. The van der Waals surface area contributed by atoms with Gasteiger partial charge in [0.25, 0.3) is 0 Å². The van der Waals surface area contributed by atoms with Crippen molar-refractivity contribution in [3.63, 3.8) is 0 Å². The first-order valence-electron chi connectivity index (χ1n) is 6.04. The average Bonchev–Trinajstić information content (AvgIpc) is 2.28. The second-order valence-corrected chi connectivity index (χ2v) is 7.03. The van der Waals surface area contributed by atoms with Gasteiger partial charge < -0.3 is 15.4 Å². The molecule has 2 N–H and O–H groups in total. The summed E-state index contributed by atoms with van der Waals surface area (Å²) in [6, 6.07) is 0. The molecular weight excluding hydrogens is 298 g/mol. The van der Waals surface area contributed by atoms with Crippen LogP contribution < -0.4 is 5.73 Å². The minimum Gasteiger partial charge on any atom is -0.367 e. The molecule has 1 saturated heterocycles. The molecule has 1 heterocycles. The van der Waals surface area contributed by atoms with Gasteiger partial charge in [-0.05, 0) is 31.7 Å². The summed E-state index contributed by atoms with van der Waals surface area (Å²) in [7, 11) is 0. The molecule has 1 amide bonds. The van der Waals surface area contributed by atoms with Crippen molar-refractivity contribution in [2.24, 2.45) is 11.7 Å². The van der Waals surface area contributed by atoms with E-state index in [1.165, 1.54) is 0 Å². The van der Waals surface area contributed by atoms with Gasteiger partial charge in [0, 0.05) is 13.1 Å². The van der Waals surface area contributed by atoms with Gasteiger partial charge in [-0.3, -0.25) is 4.79 Å². The number of hydrogen-bond acceptors (Lipinski definition) is 3. The van der Waals surface area contributed by atoms with Crippen LogP contribution in [0.15, 0.2) is 0 Å². The van der Waals surface area contributed by atoms with E-state index in [0.29, 0.717) is 12.5 Å². The number of nitrogens with zero attached hydrogens (tertiary/aromatic N) is 1. The number of alkyl halides is 3. The second kappa shape index (κ2) is 7.75. The zero-order valence-corrected chi connectivity index (χ0v) is 12.5. The first kappa shape index (κ1) is 16.3. The number of rotatable bonds is 5. The fourth-order valence-corrected chi connectivity index (χ4v) is 2.28. The molecule has 0 aromatic rings. The first-order chi connectivity index (χ1) is 8.42. The van der Waals surface area contributed by atoms with Crippen molar-refractivity contribution in [1.29, 1.82) is 0 Å². The van der Waals surface area contributed by atoms with Crippen LogP contribution in [0, 0.1) is 5.92 Å². The van der Waals surface area contributed by atoms with Gasteiger partial charge >= 0.3 is 0 Å². The molecule has 0 radical (unpaired) electrons. The summed E-state index contributed by atoms with van der Waals surface area (Å²) >= 11 is 16.6. The van der Waals surface area contributed by atoms with Crippen LogP contribution in [0.5, 0.6) is 0 Å². The fourth-order valence-electron chi connectivity index (χ4n) is 2.05. The van der Waals surface area contributed by atoms with E-state index < -0.39 is 3.79 Å². The van der Waals surface area contributed by atoms with Crippen molar-refractivity contribution in [2.75, 3.05) is 32.8 Å². The molecule has 1 aliphatic heterocycles. The molecule has 1 aliphatic rings. The van der Waals surface area contributed by atoms with E-state index in [1.807, 2.05) is 0 Å². The van der Waals surface area contributed by atoms with Crippen molar-refractivity contribution in [3.05, 3.63) is 0 Å². The average molecular weight is 318 g/mol. The molecule has 0 spiro atoms. The fraction of sp³-hybridized carbons (Fsp3) is 0.909. The molecule has 0 aliphatic carbocycles. The normalized spacial score (nSPS) is 18.1. The number of piperidine rings is 1. The lowest BCUT2D eigenvalue weighted by Gasteiger charge is -2.31. The summed E-state index contributed by atoms with van der Waals surface area (Å²) in [5, 5.41) is 0. The maximum Gasteiger partial charge on any atom is 0.248 e. The van der Waals surface area contributed by atoms with Gasteiger partial charge in [-0.2, -0.15) is 0 Å². The molecule has 0 aromatic carbocycles. The Labute approximate surface area is 123 Å². The molecule has 7 heteroatoms. The maximum atomic E-state index is 11.8. The summed E-state index contributed by atoms with van der Waals surface area (Å²) in [5.74, 6) is 0.594. The topological polar surface area (TPSA) is 55.6 Å². The lowest BCUT2D eigenvalue weighted by Crippen LogP contribution is -2.41. The number of carbonyl (C=O) groups excluding carboxylic acids is 1. The quantitative estimate of drug-likeness (QED) is 0.789. The molecule has 106 valence electrons. The third kappa shape index (κ3) is 6.43. The summed E-state index contributed by atoms with van der Waals surface area (Å²) in [4.78, 5) is 13.6. The first-order valence-corrected chi connectivity index (χ1v) is 7.18. The van der Waals surface area contributed by atoms with Crippen molar-refractivity contribution >= 4 is 40.7 Å². The smallest absolute Gasteiger partial charge is 0.248 e. The second-order valence-electron chi connectivity index (χ2n) is 4.51. The Hall–Kier alpha value is 0.260. The molecule has 0 aromatic heterocycles. The van der Waals surface area contributed by atoms with E-state index in [9.17, 15) is 4.79 Å². The maximum absolute atomic E-state index is 11.8. The third-order valence-electron chi connectivity index (χ3n) is 3.03. The summed E-state index contributed by atoms with van der Waals surface area (Å²) < 4.78 is 3.62. The van der Waals surface area contributed by atoms with Crippen LogP contribution in [0.3, 0.4) is 0 Å². The summed E-state index contributed by atoms with van der Waals surface area (Å²) in [5.41, 5.74) is 5.52. The van der Waals surface area contributed by atoms with E-state index in [2.05, 4.69) is 0 Å². The van der Waals surface area contributed by atoms with E-state index in [-0.39, 0.29) is 19.1 Å². The highest BCUT2D eigenvalue weighted by Crippen LogP contribution is 2.26. The SMILES string of the molecule is NCCC1CCN(C(=O)COCC(Cl)(Cl)Cl)CC1. The highest BCUT2D eigenvalue weighted by atomic mass is 35.6. The van der Waals surface area contributed by atoms with Gasteiger partial charge in [0.1, 0.15) is 6.61 Å². The van der Waals surface area contributed by atoms with Crippen molar-refractivity contribution in [1.82, 2.24) is 4.90 Å². The molecule has 0 bridgehead atoms. The van der Waals surface area contributed by atoms with E-state index in [1.54, 1.807) is 4.90 Å². The largest absolute Gasteiger partial charge is 0.367 e. The third-order valence-corrected chi connectivity index (χ3v) is 3.36. The van der Waals surface area contributed by atoms with Gasteiger partial charge in [-0.1, -0.05) is 34.8 Å². The van der Waals surface area contributed by atoms with Gasteiger partial charge in [0.15, 0.2) is 0 Å². The molecule has 4 nitrogen and oxygen atoms in total. The number of ether oxygens (including phenoxy) is 1. The highest BCUT2D eigenvalue weighted by molar-refractivity contribution is 6.67. The van der Waals surface area contributed by atoms with Crippen LogP contribution in [0.2, 0.25) is 0 Å². The van der Waals surface area contributed by atoms with Crippen LogP contribution in [0.25, 0.3) is 0 Å². The number of nitrogens with two attached hydrogens (primary N) is 1. The zero-order valence-electron chi connectivity index (χ0n) is 10.2. The van der Waals surface area contributed by atoms with Crippen molar-refractivity contribution < 1.29 is 9.53 Å². The Bertz CT molecular complexity index is 264. The molecule has 1 rings (SSSR count). The Kier molecular flexibility index (Phi) is 7.03. The minimum absolute atomic E-state index is 0.0323. The lowest BCUT2D eigenvalue weighted by atomic mass is 9.94. The minimum atomic E-state index is -1.46.